The van der Waals surface area contributed by atoms with Crippen LogP contribution in [0.4, 0.5) is 13.2 Å². The Hall–Kier alpha value is -1.50. The van der Waals surface area contributed by atoms with Gasteiger partial charge in [0.2, 0.25) is 0 Å². The van der Waals surface area contributed by atoms with Crippen molar-refractivity contribution in [1.82, 2.24) is 0 Å². The molecular formula is C15H13F3O3SSe. The Morgan fingerprint density at radius 3 is 2.13 bits per heavy atom. The maximum atomic E-state index is 12.4. The van der Waals surface area contributed by atoms with Gasteiger partial charge >= 0.3 is 137 Å². The minimum atomic E-state index is -4.38. The molecule has 2 aromatic rings. The fourth-order valence-corrected chi connectivity index (χ4v) is 6.15. The predicted octanol–water partition coefficient (Wildman–Crippen LogP) is 3.60. The van der Waals surface area contributed by atoms with Gasteiger partial charge in [0.1, 0.15) is 0 Å². The van der Waals surface area contributed by atoms with Crippen molar-refractivity contribution in [3.8, 4) is 5.75 Å². The van der Waals surface area contributed by atoms with Crippen LogP contribution in [0.1, 0.15) is 5.56 Å². The van der Waals surface area contributed by atoms with Crippen LogP contribution in [0.15, 0.2) is 59.5 Å². The van der Waals surface area contributed by atoms with Crippen LogP contribution in [-0.4, -0.2) is 28.9 Å². The molecule has 0 bridgehead atoms. The molecule has 0 aliphatic rings. The molecule has 0 heterocycles. The third-order valence-electron chi connectivity index (χ3n) is 2.80. The van der Waals surface area contributed by atoms with Crippen LogP contribution in [0.5, 0.6) is 5.75 Å². The second-order valence-corrected chi connectivity index (χ2v) is 11.2. The number of benzene rings is 2. The van der Waals surface area contributed by atoms with Gasteiger partial charge in [-0.2, -0.15) is 0 Å². The van der Waals surface area contributed by atoms with E-state index in [2.05, 4.69) is 0 Å². The molecule has 2 rings (SSSR count). The fraction of sp³-hybridized carbons (Fsp3) is 0.200. The number of hydrogen-bond donors (Lipinski definition) is 0. The normalized spacial score (nSPS) is 12.1. The Kier molecular flexibility index (Phi) is 5.73. The third kappa shape index (κ3) is 5.27. The zero-order valence-corrected chi connectivity index (χ0v) is 14.3. The average molecular weight is 409 g/mol. The zero-order valence-electron chi connectivity index (χ0n) is 11.8. The molecule has 124 valence electrons. The van der Waals surface area contributed by atoms with Crippen molar-refractivity contribution in [2.45, 2.75) is 16.4 Å². The molecule has 0 fully saturated rings. The van der Waals surface area contributed by atoms with Gasteiger partial charge < -0.3 is 0 Å². The summed E-state index contributed by atoms with van der Waals surface area (Å²) in [6, 6.07) is 12.4. The quantitative estimate of drug-likeness (QED) is 0.541. The van der Waals surface area contributed by atoms with Gasteiger partial charge in [0.25, 0.3) is 0 Å². The summed E-state index contributed by atoms with van der Waals surface area (Å²) in [5.41, 5.74) is -0.749. The fourth-order valence-electron chi connectivity index (χ4n) is 1.70. The van der Waals surface area contributed by atoms with Crippen molar-refractivity contribution in [2.75, 3.05) is 6.61 Å². The van der Waals surface area contributed by atoms with E-state index >= 15 is 0 Å². The monoisotopic (exact) mass is 410 g/mol. The first kappa shape index (κ1) is 17.8. The molecule has 0 N–H and O–H groups in total. The predicted molar refractivity (Wildman–Crippen MR) is 81.1 cm³/mol. The van der Waals surface area contributed by atoms with E-state index in [-0.39, 0.29) is 17.3 Å². The van der Waals surface area contributed by atoms with E-state index in [9.17, 15) is 21.6 Å². The molecule has 8 heteroatoms. The molecule has 2 aromatic carbocycles. The summed E-state index contributed by atoms with van der Waals surface area (Å²) in [6.07, 6.45) is -4.38. The Bertz CT molecular complexity index is 729. The van der Waals surface area contributed by atoms with Crippen LogP contribution in [0.3, 0.4) is 0 Å². The number of ether oxygens (including phenoxy) is 1. The summed E-state index contributed by atoms with van der Waals surface area (Å²) in [5, 5.41) is 0.311. The molecule has 0 amide bonds. The molecule has 23 heavy (non-hydrogen) atoms. The van der Waals surface area contributed by atoms with Crippen molar-refractivity contribution in [3.63, 3.8) is 0 Å². The second-order valence-electron chi connectivity index (χ2n) is 4.46. The van der Waals surface area contributed by atoms with Crippen molar-refractivity contribution < 1.29 is 26.3 Å². The minimum absolute atomic E-state index is 0.136. The Morgan fingerprint density at radius 2 is 1.57 bits per heavy atom. The number of alkyl halides is 3. The van der Waals surface area contributed by atoms with Crippen molar-refractivity contribution in [2.24, 2.45) is 0 Å². The van der Waals surface area contributed by atoms with E-state index in [1.807, 2.05) is 0 Å². The molecule has 0 aromatic heterocycles. The van der Waals surface area contributed by atoms with E-state index in [1.54, 1.807) is 18.2 Å². The SMILES string of the molecule is O=S(=O)([Se]CCOc1ccc(C(F)(F)F)cc1)c1ccccc1. The Balaban J connectivity index is 1.84. The first-order chi connectivity index (χ1) is 10.8. The Morgan fingerprint density at radius 1 is 0.957 bits per heavy atom. The Labute approximate surface area is 137 Å². The van der Waals surface area contributed by atoms with Crippen LogP contribution >= 0.6 is 0 Å². The molecule has 0 aliphatic heterocycles. The van der Waals surface area contributed by atoms with Crippen LogP contribution in [0, 0.1) is 0 Å². The molecule has 0 aliphatic carbocycles. The topological polar surface area (TPSA) is 43.4 Å². The first-order valence-electron chi connectivity index (χ1n) is 6.53. The zero-order chi connectivity index (χ0) is 16.9. The van der Waals surface area contributed by atoms with Gasteiger partial charge in [-0.25, -0.2) is 0 Å². The number of rotatable bonds is 6. The van der Waals surface area contributed by atoms with Gasteiger partial charge in [-0.05, 0) is 0 Å². The average Bonchev–Trinajstić information content (AvgIpc) is 2.52. The maximum absolute atomic E-state index is 12.4. The van der Waals surface area contributed by atoms with E-state index in [0.717, 1.165) is 12.1 Å². The molecular weight excluding hydrogens is 396 g/mol. The van der Waals surface area contributed by atoms with Crippen LogP contribution in [0.2, 0.25) is 5.32 Å². The molecule has 3 nitrogen and oxygen atoms in total. The van der Waals surface area contributed by atoms with Gasteiger partial charge in [-0.15, -0.1) is 0 Å². The van der Waals surface area contributed by atoms with Crippen molar-refractivity contribution in [3.05, 3.63) is 60.2 Å². The second kappa shape index (κ2) is 7.38. The van der Waals surface area contributed by atoms with E-state index in [4.69, 9.17) is 4.74 Å². The van der Waals surface area contributed by atoms with E-state index < -0.39 is 33.8 Å². The van der Waals surface area contributed by atoms with Gasteiger partial charge in [-0.1, -0.05) is 0 Å². The molecule has 0 saturated carbocycles. The third-order valence-corrected chi connectivity index (χ3v) is 8.69. The first-order valence-corrected chi connectivity index (χ1v) is 11.3. The van der Waals surface area contributed by atoms with Gasteiger partial charge in [0.15, 0.2) is 0 Å². The standard InChI is InChI=1S/C15H13F3O3SSe/c16-15(17,18)12-6-8-13(9-7-12)21-10-11-23-22(19,20)14-4-2-1-3-5-14/h1-9H,10-11H2. The van der Waals surface area contributed by atoms with E-state index in [1.165, 1.54) is 24.3 Å². The summed E-state index contributed by atoms with van der Waals surface area (Å²) in [5.74, 6) is 0.283. The summed E-state index contributed by atoms with van der Waals surface area (Å²) < 4.78 is 66.6. The molecule has 0 spiro atoms. The van der Waals surface area contributed by atoms with Crippen LogP contribution < -0.4 is 4.74 Å². The molecule has 0 saturated heterocycles. The van der Waals surface area contributed by atoms with Crippen molar-refractivity contribution in [1.29, 1.82) is 0 Å². The van der Waals surface area contributed by atoms with Gasteiger partial charge in [0, 0.05) is 0 Å². The van der Waals surface area contributed by atoms with Gasteiger partial charge in [-0.3, -0.25) is 0 Å². The number of hydrogen-bond acceptors (Lipinski definition) is 3. The van der Waals surface area contributed by atoms with Crippen LogP contribution in [-0.2, 0) is 14.4 Å². The summed E-state index contributed by atoms with van der Waals surface area (Å²) in [7, 11) is -3.31. The number of halogens is 3. The van der Waals surface area contributed by atoms with Gasteiger partial charge in [0.05, 0.1) is 0 Å². The van der Waals surface area contributed by atoms with Crippen molar-refractivity contribution >= 4 is 22.1 Å². The summed E-state index contributed by atoms with van der Waals surface area (Å²) in [4.78, 5) is 0.273. The summed E-state index contributed by atoms with van der Waals surface area (Å²) >= 11 is -0.694. The van der Waals surface area contributed by atoms with E-state index in [0.29, 0.717) is 5.32 Å². The molecule has 0 radical (unpaired) electrons. The molecule has 0 unspecified atom stereocenters. The van der Waals surface area contributed by atoms with Crippen LogP contribution in [0.25, 0.3) is 0 Å². The molecule has 0 atom stereocenters. The summed E-state index contributed by atoms with van der Waals surface area (Å²) in [6.45, 7) is 0.136.